The maximum Gasteiger partial charge on any atom is 0.490 e. The van der Waals surface area contributed by atoms with Gasteiger partial charge in [-0.25, -0.2) is 23.9 Å². The monoisotopic (exact) mass is 577 g/mol. The molecule has 38 heavy (non-hydrogen) atoms. The van der Waals surface area contributed by atoms with E-state index in [0.717, 1.165) is 31.9 Å². The number of pyridine rings is 1. The average Bonchev–Trinajstić information content (AvgIpc) is 3.47. The summed E-state index contributed by atoms with van der Waals surface area (Å²) in [7, 11) is 0. The SMILES string of the molecule is Cc1ncsc1CN1C[C@@H]2COC[C@]2(COc2ncccc2F)C1.O=C(O)C(F)(F)F.O=C(O)C(F)(F)F. The summed E-state index contributed by atoms with van der Waals surface area (Å²) in [6, 6.07) is 2.94. The van der Waals surface area contributed by atoms with Gasteiger partial charge in [0.05, 0.1) is 31.0 Å². The minimum Gasteiger partial charge on any atom is -0.475 e. The predicted octanol–water partition coefficient (Wildman–Crippen LogP) is 3.78. The van der Waals surface area contributed by atoms with Gasteiger partial charge in [-0.1, -0.05) is 0 Å². The number of aryl methyl sites for hydroxylation is 1. The molecule has 0 aromatic carbocycles. The first-order valence-electron chi connectivity index (χ1n) is 10.6. The summed E-state index contributed by atoms with van der Waals surface area (Å²) in [5.41, 5.74) is 2.92. The van der Waals surface area contributed by atoms with Gasteiger partial charge in [0.2, 0.25) is 5.88 Å². The van der Waals surface area contributed by atoms with Crippen LogP contribution in [0.25, 0.3) is 0 Å². The smallest absolute Gasteiger partial charge is 0.475 e. The van der Waals surface area contributed by atoms with E-state index in [1.807, 2.05) is 5.51 Å². The summed E-state index contributed by atoms with van der Waals surface area (Å²) in [6.07, 6.45) is -8.62. The lowest BCUT2D eigenvalue weighted by atomic mass is 9.82. The third kappa shape index (κ3) is 8.76. The van der Waals surface area contributed by atoms with E-state index in [-0.39, 0.29) is 11.3 Å². The zero-order valence-corrected chi connectivity index (χ0v) is 20.4. The van der Waals surface area contributed by atoms with Crippen LogP contribution in [0.3, 0.4) is 0 Å². The molecule has 4 rings (SSSR count). The molecule has 212 valence electrons. The molecule has 2 N–H and O–H groups in total. The molecule has 2 fully saturated rings. The highest BCUT2D eigenvalue weighted by Crippen LogP contribution is 2.42. The van der Waals surface area contributed by atoms with Crippen molar-refractivity contribution in [3.05, 3.63) is 40.2 Å². The normalized spacial score (nSPS) is 21.0. The van der Waals surface area contributed by atoms with Gasteiger partial charge < -0.3 is 19.7 Å². The van der Waals surface area contributed by atoms with Crippen molar-refractivity contribution in [2.75, 3.05) is 32.9 Å². The topological polar surface area (TPSA) is 122 Å². The van der Waals surface area contributed by atoms with Gasteiger partial charge >= 0.3 is 24.3 Å². The number of carboxylic acid groups (broad SMARTS) is 2. The molecule has 0 saturated carbocycles. The largest absolute Gasteiger partial charge is 0.490 e. The number of alkyl halides is 6. The summed E-state index contributed by atoms with van der Waals surface area (Å²) < 4.78 is 88.7. The van der Waals surface area contributed by atoms with E-state index in [1.54, 1.807) is 23.6 Å². The first-order chi connectivity index (χ1) is 17.5. The summed E-state index contributed by atoms with van der Waals surface area (Å²) in [5.74, 6) is -5.44. The van der Waals surface area contributed by atoms with Crippen molar-refractivity contribution in [2.45, 2.75) is 25.8 Å². The summed E-state index contributed by atoms with van der Waals surface area (Å²) in [5, 5.41) is 14.2. The van der Waals surface area contributed by atoms with Crippen LogP contribution >= 0.6 is 11.3 Å². The molecule has 2 atom stereocenters. The molecule has 0 amide bonds. The molecule has 2 aromatic heterocycles. The second kappa shape index (κ2) is 12.7. The molecule has 0 unspecified atom stereocenters. The van der Waals surface area contributed by atoms with Gasteiger partial charge in [0, 0.05) is 42.0 Å². The van der Waals surface area contributed by atoms with Gasteiger partial charge in [-0.15, -0.1) is 11.3 Å². The number of aromatic nitrogens is 2. The van der Waals surface area contributed by atoms with Crippen LogP contribution in [0, 0.1) is 24.1 Å². The van der Waals surface area contributed by atoms with Gasteiger partial charge in [0.1, 0.15) is 0 Å². The number of aliphatic carboxylic acids is 2. The minimum atomic E-state index is -5.08. The number of hydrogen-bond acceptors (Lipinski definition) is 8. The zero-order valence-electron chi connectivity index (χ0n) is 19.6. The maximum absolute atomic E-state index is 13.7. The Kier molecular flexibility index (Phi) is 10.4. The molecule has 0 spiro atoms. The minimum absolute atomic E-state index is 0.0780. The van der Waals surface area contributed by atoms with Gasteiger partial charge in [0.25, 0.3) is 0 Å². The third-order valence-electron chi connectivity index (χ3n) is 5.51. The van der Waals surface area contributed by atoms with Crippen molar-refractivity contribution in [1.82, 2.24) is 14.9 Å². The van der Waals surface area contributed by atoms with Crippen LogP contribution in [-0.2, 0) is 20.9 Å². The first-order valence-corrected chi connectivity index (χ1v) is 11.5. The van der Waals surface area contributed by atoms with Gasteiger partial charge in [-0.3, -0.25) is 4.90 Å². The van der Waals surface area contributed by atoms with Gasteiger partial charge in [0.15, 0.2) is 5.82 Å². The molecule has 0 aliphatic carbocycles. The fourth-order valence-corrected chi connectivity index (χ4v) is 4.46. The predicted molar refractivity (Wildman–Crippen MR) is 116 cm³/mol. The fourth-order valence-electron chi connectivity index (χ4n) is 3.64. The molecule has 4 heterocycles. The van der Waals surface area contributed by atoms with Crippen LogP contribution in [0.4, 0.5) is 30.7 Å². The van der Waals surface area contributed by atoms with E-state index in [2.05, 4.69) is 21.8 Å². The Labute approximate surface area is 214 Å². The van der Waals surface area contributed by atoms with Gasteiger partial charge in [-0.05, 0) is 19.1 Å². The highest BCUT2D eigenvalue weighted by atomic mass is 32.1. The van der Waals surface area contributed by atoms with Crippen LogP contribution < -0.4 is 4.74 Å². The Hall–Kier alpha value is -3.05. The molecule has 0 bridgehead atoms. The van der Waals surface area contributed by atoms with E-state index in [4.69, 9.17) is 29.3 Å². The Morgan fingerprint density at radius 1 is 1.18 bits per heavy atom. The van der Waals surface area contributed by atoms with Crippen molar-refractivity contribution in [2.24, 2.45) is 11.3 Å². The van der Waals surface area contributed by atoms with Crippen molar-refractivity contribution < 1.29 is 60.0 Å². The molecular weight excluding hydrogens is 555 g/mol. The van der Waals surface area contributed by atoms with E-state index in [9.17, 15) is 30.7 Å². The maximum atomic E-state index is 13.7. The number of halogens is 7. The number of nitrogens with zero attached hydrogens (tertiary/aromatic N) is 3. The number of rotatable bonds is 5. The zero-order chi connectivity index (χ0) is 28.7. The van der Waals surface area contributed by atoms with Crippen molar-refractivity contribution in [3.8, 4) is 5.88 Å². The summed E-state index contributed by atoms with van der Waals surface area (Å²) >= 11 is 1.70. The fraction of sp³-hybridized carbons (Fsp3) is 0.524. The summed E-state index contributed by atoms with van der Waals surface area (Å²) in [6.45, 7) is 6.66. The van der Waals surface area contributed by atoms with E-state index in [1.165, 1.54) is 10.9 Å². The second-order valence-corrected chi connectivity index (χ2v) is 9.23. The summed E-state index contributed by atoms with van der Waals surface area (Å²) in [4.78, 5) is 29.8. The Balaban J connectivity index is 0.000000301. The lowest BCUT2D eigenvalue weighted by Gasteiger charge is -2.27. The Morgan fingerprint density at radius 2 is 1.79 bits per heavy atom. The van der Waals surface area contributed by atoms with E-state index < -0.39 is 30.1 Å². The molecule has 2 saturated heterocycles. The third-order valence-corrected chi connectivity index (χ3v) is 6.43. The van der Waals surface area contributed by atoms with Crippen LogP contribution in [0.5, 0.6) is 5.88 Å². The quantitative estimate of drug-likeness (QED) is 0.512. The average molecular weight is 577 g/mol. The van der Waals surface area contributed by atoms with Crippen molar-refractivity contribution >= 4 is 23.3 Å². The standard InChI is InChI=1S/C17H20FN3O2S.2C2HF3O2/c1-12-15(24-11-20-12)6-21-5-13-7-22-9-17(13,8-21)10-23-16-14(18)3-2-4-19-16;2*3-2(4,5)1(6)7/h2-4,11,13H,5-10H2,1H3;2*(H,6,7)/t13-,17+;;/m1../s1. The number of thiazole rings is 1. The van der Waals surface area contributed by atoms with Crippen molar-refractivity contribution in [1.29, 1.82) is 0 Å². The lowest BCUT2D eigenvalue weighted by molar-refractivity contribution is -0.193. The number of ether oxygens (including phenoxy) is 2. The molecule has 2 aliphatic rings. The van der Waals surface area contributed by atoms with Gasteiger partial charge in [-0.2, -0.15) is 26.3 Å². The van der Waals surface area contributed by atoms with E-state index >= 15 is 0 Å². The number of carbonyl (C=O) groups is 2. The Morgan fingerprint density at radius 3 is 2.29 bits per heavy atom. The highest BCUT2D eigenvalue weighted by molar-refractivity contribution is 7.09. The van der Waals surface area contributed by atoms with Crippen LogP contribution in [-0.4, -0.2) is 82.3 Å². The molecule has 0 radical (unpaired) electrons. The second-order valence-electron chi connectivity index (χ2n) is 8.29. The molecule has 9 nitrogen and oxygen atoms in total. The van der Waals surface area contributed by atoms with Crippen LogP contribution in [0.15, 0.2) is 23.8 Å². The lowest BCUT2D eigenvalue weighted by Crippen LogP contribution is -2.37. The first kappa shape index (κ1) is 31.2. The highest BCUT2D eigenvalue weighted by Gasteiger charge is 2.51. The van der Waals surface area contributed by atoms with Crippen molar-refractivity contribution in [3.63, 3.8) is 0 Å². The number of fused-ring (bicyclic) bond motifs is 1. The van der Waals surface area contributed by atoms with E-state index in [0.29, 0.717) is 19.1 Å². The van der Waals surface area contributed by atoms with Crippen LogP contribution in [0.2, 0.25) is 0 Å². The Bertz CT molecular complexity index is 1070. The molecule has 17 heteroatoms. The number of carboxylic acids is 2. The molecule has 2 aliphatic heterocycles. The molecule has 2 aromatic rings. The van der Waals surface area contributed by atoms with Crippen LogP contribution in [0.1, 0.15) is 10.6 Å². The molecular formula is C21H22F7N3O6S. The number of hydrogen-bond donors (Lipinski definition) is 2. The number of likely N-dealkylation sites (tertiary alicyclic amines) is 1.